The minimum absolute atomic E-state index is 0.0479. The molecule has 1 aromatic carbocycles. The fourth-order valence-corrected chi connectivity index (χ4v) is 8.47. The summed E-state index contributed by atoms with van der Waals surface area (Å²) >= 11 is 0. The quantitative estimate of drug-likeness (QED) is 0.0246. The Kier molecular flexibility index (Phi) is 33.0. The van der Waals surface area contributed by atoms with Gasteiger partial charge in [0.25, 0.3) is 10.1 Å². The van der Waals surface area contributed by atoms with Gasteiger partial charge in [-0.3, -0.25) is 24.4 Å². The number of hydrogen-bond donors (Lipinski definition) is 5. The second-order valence-corrected chi connectivity index (χ2v) is 19.0. The first-order chi connectivity index (χ1) is 31.0. The van der Waals surface area contributed by atoms with E-state index in [-0.39, 0.29) is 38.5 Å². The number of nitrogens with one attached hydrogen (secondary N) is 4. The van der Waals surface area contributed by atoms with Crippen LogP contribution in [0.2, 0.25) is 0 Å². The number of fused-ring (bicyclic) bond motifs is 1. The van der Waals surface area contributed by atoms with Crippen molar-refractivity contribution in [1.29, 1.82) is 0 Å². The van der Waals surface area contributed by atoms with E-state index >= 15 is 0 Å². The summed E-state index contributed by atoms with van der Waals surface area (Å²) in [6, 6.07) is 8.79. The SMILES string of the molecule is CCCCCCCCCCCCCCCCCCCCCCCCC(=O)NCCOCCOCCNC(=O)[C@H](CCS(=O)(=O)O)NC(=O)CCn1c(CN(C)NC)cc2ccccc21. The van der Waals surface area contributed by atoms with E-state index in [0.717, 1.165) is 29.4 Å². The van der Waals surface area contributed by atoms with Gasteiger partial charge in [-0.25, -0.2) is 5.01 Å². The van der Waals surface area contributed by atoms with Gasteiger partial charge in [-0.2, -0.15) is 8.42 Å². The number of ether oxygens (including phenoxy) is 2. The third-order valence-corrected chi connectivity index (χ3v) is 12.6. The first-order valence-electron chi connectivity index (χ1n) is 24.9. The first kappa shape index (κ1) is 57.0. The Bertz CT molecular complexity index is 1620. The molecule has 0 radical (unpaired) electrons. The number of benzene rings is 1. The fourth-order valence-electron chi connectivity index (χ4n) is 7.94. The maximum atomic E-state index is 13.0. The van der Waals surface area contributed by atoms with Crippen molar-refractivity contribution in [3.05, 3.63) is 36.0 Å². The number of hydrazine groups is 1. The molecule has 14 nitrogen and oxygen atoms in total. The van der Waals surface area contributed by atoms with Gasteiger partial charge >= 0.3 is 0 Å². The van der Waals surface area contributed by atoms with Crippen LogP contribution in [0.25, 0.3) is 10.9 Å². The van der Waals surface area contributed by atoms with Gasteiger partial charge < -0.3 is 30.0 Å². The number of nitrogens with zero attached hydrogens (tertiary/aromatic N) is 2. The molecule has 0 aliphatic rings. The fraction of sp³-hybridized carbons (Fsp3) is 0.776. The molecule has 0 saturated heterocycles. The van der Waals surface area contributed by atoms with E-state index in [1.165, 1.54) is 128 Å². The van der Waals surface area contributed by atoms with Crippen LogP contribution in [-0.4, -0.2) is 106 Å². The predicted octanol–water partition coefficient (Wildman–Crippen LogP) is 8.62. The summed E-state index contributed by atoms with van der Waals surface area (Å²) < 4.78 is 45.4. The summed E-state index contributed by atoms with van der Waals surface area (Å²) in [5.74, 6) is -1.63. The van der Waals surface area contributed by atoms with Crippen molar-refractivity contribution < 1.29 is 36.8 Å². The molecule has 1 heterocycles. The summed E-state index contributed by atoms with van der Waals surface area (Å²) in [5.41, 5.74) is 5.05. The van der Waals surface area contributed by atoms with Gasteiger partial charge in [0.05, 0.1) is 38.7 Å². The number of aromatic nitrogens is 1. The molecule has 5 N–H and O–H groups in total. The van der Waals surface area contributed by atoms with Crippen LogP contribution in [0.3, 0.4) is 0 Å². The molecule has 3 amide bonds. The van der Waals surface area contributed by atoms with Crippen LogP contribution in [0.4, 0.5) is 0 Å². The second-order valence-electron chi connectivity index (χ2n) is 17.4. The lowest BCUT2D eigenvalue weighted by molar-refractivity contribution is -0.129. The maximum Gasteiger partial charge on any atom is 0.264 e. The minimum atomic E-state index is -4.35. The Labute approximate surface area is 387 Å². The van der Waals surface area contributed by atoms with Crippen molar-refractivity contribution in [1.82, 2.24) is 31.0 Å². The molecule has 0 bridgehead atoms. The Morgan fingerprint density at radius 2 is 1.19 bits per heavy atom. The Hall–Kier alpha value is -3.08. The molecule has 0 aliphatic carbocycles. The number of rotatable bonds is 43. The van der Waals surface area contributed by atoms with Crippen molar-refractivity contribution >= 4 is 38.7 Å². The third-order valence-electron chi connectivity index (χ3n) is 11.8. The topological polar surface area (TPSA) is 180 Å². The Balaban J connectivity index is 1.44. The molecule has 1 atom stereocenters. The maximum absolute atomic E-state index is 13.0. The highest BCUT2D eigenvalue weighted by atomic mass is 32.2. The zero-order valence-corrected chi connectivity index (χ0v) is 40.9. The molecule has 2 rings (SSSR count). The van der Waals surface area contributed by atoms with Crippen molar-refractivity contribution in [2.24, 2.45) is 0 Å². The lowest BCUT2D eigenvalue weighted by atomic mass is 10.0. The molecule has 2 aromatic rings. The monoisotopic (exact) mass is 921 g/mol. The van der Waals surface area contributed by atoms with Crippen molar-refractivity contribution in [3.8, 4) is 0 Å². The molecule has 0 saturated carbocycles. The van der Waals surface area contributed by atoms with Crippen LogP contribution in [0.1, 0.15) is 173 Å². The van der Waals surface area contributed by atoms with E-state index in [1.54, 1.807) is 0 Å². The van der Waals surface area contributed by atoms with Crippen molar-refractivity contribution in [2.75, 3.05) is 59.4 Å². The van der Waals surface area contributed by atoms with Gasteiger partial charge in [0.1, 0.15) is 6.04 Å². The van der Waals surface area contributed by atoms with E-state index in [2.05, 4.69) is 38.9 Å². The lowest BCUT2D eigenvalue weighted by Crippen LogP contribution is -2.48. The smallest absolute Gasteiger partial charge is 0.264 e. The molecule has 64 heavy (non-hydrogen) atoms. The largest absolute Gasteiger partial charge is 0.377 e. The Morgan fingerprint density at radius 3 is 1.70 bits per heavy atom. The summed E-state index contributed by atoms with van der Waals surface area (Å²) in [7, 11) is -0.609. The lowest BCUT2D eigenvalue weighted by Gasteiger charge is -2.19. The molecular weight excluding hydrogens is 833 g/mol. The second kappa shape index (κ2) is 37.1. The summed E-state index contributed by atoms with van der Waals surface area (Å²) in [6.45, 7) is 4.94. The number of para-hydroxylation sites is 1. The van der Waals surface area contributed by atoms with Gasteiger partial charge in [-0.1, -0.05) is 160 Å². The molecule has 15 heteroatoms. The predicted molar refractivity (Wildman–Crippen MR) is 260 cm³/mol. The highest BCUT2D eigenvalue weighted by Gasteiger charge is 2.23. The third kappa shape index (κ3) is 29.5. The van der Waals surface area contributed by atoms with Gasteiger partial charge in [0, 0.05) is 50.7 Å². The molecule has 0 aliphatic heterocycles. The number of carbonyl (C=O) groups excluding carboxylic acids is 3. The average molecular weight is 921 g/mol. The summed E-state index contributed by atoms with van der Waals surface area (Å²) in [4.78, 5) is 38.2. The van der Waals surface area contributed by atoms with Gasteiger partial charge in [-0.15, -0.1) is 0 Å². The van der Waals surface area contributed by atoms with E-state index in [0.29, 0.717) is 39.3 Å². The molecule has 368 valence electrons. The number of aryl methyl sites for hydroxylation is 1. The zero-order valence-electron chi connectivity index (χ0n) is 40.1. The van der Waals surface area contributed by atoms with Crippen LogP contribution < -0.4 is 21.4 Å². The first-order valence-corrected chi connectivity index (χ1v) is 26.5. The Morgan fingerprint density at radius 1 is 0.688 bits per heavy atom. The standard InChI is InChI=1S/C49H88N6O8S/c1-4-5-6-7-8-9-10-11-12-13-14-15-16-17-18-19-20-21-22-23-24-25-30-47(56)51-33-36-62-38-39-63-37-34-52-49(58)45(32-40-64(59,60)61)53-48(57)31-35-55-44(42-54(3)50-2)41-43-28-26-27-29-46(43)55/h26-29,41,45,50H,4-25,30-40,42H2,1-3H3,(H,51,56)(H,52,58)(H,53,57)(H,59,60,61)/t45-/m0/s1. The highest BCUT2D eigenvalue weighted by molar-refractivity contribution is 7.85. The summed E-state index contributed by atoms with van der Waals surface area (Å²) in [6.07, 6.45) is 29.9. The van der Waals surface area contributed by atoms with Crippen LogP contribution in [0, 0.1) is 0 Å². The number of amides is 3. The number of hydrogen-bond acceptors (Lipinski definition) is 9. The van der Waals surface area contributed by atoms with E-state index < -0.39 is 33.7 Å². The van der Waals surface area contributed by atoms with E-state index in [4.69, 9.17) is 9.47 Å². The summed E-state index contributed by atoms with van der Waals surface area (Å²) in [5, 5.41) is 11.2. The van der Waals surface area contributed by atoms with Crippen molar-refractivity contribution in [2.45, 2.75) is 187 Å². The number of carbonyl (C=O) groups is 3. The van der Waals surface area contributed by atoms with Crippen LogP contribution in [0.15, 0.2) is 30.3 Å². The molecule has 0 spiro atoms. The van der Waals surface area contributed by atoms with Crippen LogP contribution in [-0.2, 0) is 47.1 Å². The number of unbranched alkanes of at least 4 members (excludes halogenated alkanes) is 21. The molecular formula is C49H88N6O8S. The average Bonchev–Trinajstić information content (AvgIpc) is 3.62. The highest BCUT2D eigenvalue weighted by Crippen LogP contribution is 2.21. The van der Waals surface area contributed by atoms with E-state index in [9.17, 15) is 27.4 Å². The van der Waals surface area contributed by atoms with E-state index in [1.807, 2.05) is 43.4 Å². The van der Waals surface area contributed by atoms with Gasteiger partial charge in [0.2, 0.25) is 17.7 Å². The van der Waals surface area contributed by atoms with Crippen LogP contribution >= 0.6 is 0 Å². The molecule has 0 fully saturated rings. The molecule has 0 unspecified atom stereocenters. The minimum Gasteiger partial charge on any atom is -0.377 e. The van der Waals surface area contributed by atoms with Gasteiger partial charge in [-0.05, 0) is 37.4 Å². The molecule has 1 aromatic heterocycles. The van der Waals surface area contributed by atoms with Crippen molar-refractivity contribution in [3.63, 3.8) is 0 Å². The van der Waals surface area contributed by atoms with Gasteiger partial charge in [0.15, 0.2) is 0 Å². The zero-order chi connectivity index (χ0) is 46.5. The van der Waals surface area contributed by atoms with Crippen LogP contribution in [0.5, 0.6) is 0 Å². The normalized spacial score (nSPS) is 12.3.